The molecule has 0 spiro atoms. The van der Waals surface area contributed by atoms with Crippen LogP contribution in [-0.2, 0) is 9.59 Å². The Morgan fingerprint density at radius 3 is 2.38 bits per heavy atom. The molecule has 3 heterocycles. The fraction of sp³-hybridized carbons (Fsp3) is 0.0476. The third kappa shape index (κ3) is 3.14. The summed E-state index contributed by atoms with van der Waals surface area (Å²) in [6, 6.07) is 9.59. The first kappa shape index (κ1) is 18.4. The van der Waals surface area contributed by atoms with Gasteiger partial charge in [-0.05, 0) is 36.4 Å². The minimum absolute atomic E-state index is 0.0320. The van der Waals surface area contributed by atoms with E-state index in [0.717, 1.165) is 17.0 Å². The van der Waals surface area contributed by atoms with Crippen LogP contribution in [0.4, 0.5) is 14.5 Å². The third-order valence-corrected chi connectivity index (χ3v) is 4.55. The summed E-state index contributed by atoms with van der Waals surface area (Å²) >= 11 is 0. The Morgan fingerprint density at radius 1 is 0.966 bits per heavy atom. The Balaban J connectivity index is 1.95. The van der Waals surface area contributed by atoms with Gasteiger partial charge in [0.25, 0.3) is 11.7 Å². The minimum Gasteiger partial charge on any atom is -0.507 e. The van der Waals surface area contributed by atoms with Gasteiger partial charge in [-0.15, -0.1) is 0 Å². The summed E-state index contributed by atoms with van der Waals surface area (Å²) < 4.78 is 27.2. The van der Waals surface area contributed by atoms with E-state index in [0.29, 0.717) is 0 Å². The van der Waals surface area contributed by atoms with Gasteiger partial charge in [0.15, 0.2) is 11.6 Å². The van der Waals surface area contributed by atoms with E-state index < -0.39 is 35.1 Å². The van der Waals surface area contributed by atoms with E-state index in [1.165, 1.54) is 36.8 Å². The molecule has 1 N–H and O–H groups in total. The number of aliphatic hydroxyl groups excluding tert-OH is 1. The van der Waals surface area contributed by atoms with E-state index in [9.17, 15) is 23.5 Å². The summed E-state index contributed by atoms with van der Waals surface area (Å²) in [5.41, 5.74) is 0.330. The molecule has 1 atom stereocenters. The predicted octanol–water partition coefficient (Wildman–Crippen LogP) is 3.38. The molecule has 2 aromatic heterocycles. The number of pyridine rings is 2. The smallest absolute Gasteiger partial charge is 0.300 e. The molecule has 0 aliphatic carbocycles. The van der Waals surface area contributed by atoms with E-state index in [2.05, 4.69) is 9.97 Å². The number of carbonyl (C=O) groups is 2. The van der Waals surface area contributed by atoms with Gasteiger partial charge in [0, 0.05) is 35.9 Å². The Labute approximate surface area is 163 Å². The van der Waals surface area contributed by atoms with Crippen molar-refractivity contribution in [3.63, 3.8) is 0 Å². The van der Waals surface area contributed by atoms with Gasteiger partial charge in [0.05, 0.1) is 11.3 Å². The van der Waals surface area contributed by atoms with Crippen LogP contribution < -0.4 is 4.90 Å². The Hall–Kier alpha value is -3.94. The number of hydrogen-bond donors (Lipinski definition) is 1. The normalized spacial score (nSPS) is 18.3. The standard InChI is InChI=1S/C21H13F2N3O3/c22-14-5-4-13(11-15(14)23)26-18(16-3-1-2-8-25-16)17(20(28)21(26)29)19(27)12-6-9-24-10-7-12/h1-11,18,27H/b19-17+. The van der Waals surface area contributed by atoms with Crippen molar-refractivity contribution in [1.29, 1.82) is 0 Å². The first-order valence-electron chi connectivity index (χ1n) is 8.56. The molecule has 4 rings (SSSR count). The van der Waals surface area contributed by atoms with Crippen molar-refractivity contribution < 1.29 is 23.5 Å². The highest BCUT2D eigenvalue weighted by atomic mass is 19.2. The number of nitrogens with zero attached hydrogens (tertiary/aromatic N) is 3. The van der Waals surface area contributed by atoms with Gasteiger partial charge in [0.1, 0.15) is 11.8 Å². The maximum atomic E-state index is 13.8. The SMILES string of the molecule is O=C1C(=O)N(c2ccc(F)c(F)c2)C(c2ccccn2)/C1=C(\O)c1ccncc1. The zero-order chi connectivity index (χ0) is 20.5. The van der Waals surface area contributed by atoms with Crippen LogP contribution in [0.1, 0.15) is 17.3 Å². The second-order valence-corrected chi connectivity index (χ2v) is 6.26. The van der Waals surface area contributed by atoms with Crippen LogP contribution in [-0.4, -0.2) is 26.8 Å². The summed E-state index contributed by atoms with van der Waals surface area (Å²) in [6.45, 7) is 0. The molecule has 1 aliphatic heterocycles. The number of ketones is 1. The first-order valence-corrected chi connectivity index (χ1v) is 8.56. The lowest BCUT2D eigenvalue weighted by Crippen LogP contribution is -2.30. The molecule has 1 unspecified atom stereocenters. The van der Waals surface area contributed by atoms with Crippen LogP contribution in [0.2, 0.25) is 0 Å². The molecular weight excluding hydrogens is 380 g/mol. The largest absolute Gasteiger partial charge is 0.507 e. The van der Waals surface area contributed by atoms with Gasteiger partial charge in [-0.2, -0.15) is 0 Å². The second kappa shape index (κ2) is 7.23. The summed E-state index contributed by atoms with van der Waals surface area (Å²) in [7, 11) is 0. The molecule has 1 amide bonds. The summed E-state index contributed by atoms with van der Waals surface area (Å²) in [6.07, 6.45) is 4.32. The number of anilines is 1. The molecule has 1 saturated heterocycles. The lowest BCUT2D eigenvalue weighted by atomic mass is 9.98. The molecule has 1 aliphatic rings. The van der Waals surface area contributed by atoms with Crippen LogP contribution in [0.15, 0.2) is 72.7 Å². The number of amides is 1. The van der Waals surface area contributed by atoms with Gasteiger partial charge in [0.2, 0.25) is 0 Å². The number of halogens is 2. The highest BCUT2D eigenvalue weighted by Crippen LogP contribution is 2.41. The molecule has 0 bridgehead atoms. The van der Waals surface area contributed by atoms with Crippen LogP contribution in [0.5, 0.6) is 0 Å². The molecule has 0 radical (unpaired) electrons. The van der Waals surface area contributed by atoms with Crippen LogP contribution in [0.25, 0.3) is 5.76 Å². The van der Waals surface area contributed by atoms with Crippen molar-refractivity contribution in [3.05, 3.63) is 95.6 Å². The van der Waals surface area contributed by atoms with Crippen LogP contribution in [0, 0.1) is 11.6 Å². The van der Waals surface area contributed by atoms with E-state index in [4.69, 9.17) is 0 Å². The number of Topliss-reactive ketones (excluding diaryl/α,β-unsaturated/α-hetero) is 1. The van der Waals surface area contributed by atoms with Crippen molar-refractivity contribution in [1.82, 2.24) is 9.97 Å². The molecule has 144 valence electrons. The van der Waals surface area contributed by atoms with Crippen LogP contribution in [0.3, 0.4) is 0 Å². The maximum Gasteiger partial charge on any atom is 0.300 e. The minimum atomic E-state index is -1.17. The van der Waals surface area contributed by atoms with E-state index in [1.807, 2.05) is 0 Å². The zero-order valence-corrected chi connectivity index (χ0v) is 14.8. The number of rotatable bonds is 3. The van der Waals surface area contributed by atoms with Crippen molar-refractivity contribution in [2.24, 2.45) is 0 Å². The lowest BCUT2D eigenvalue weighted by Gasteiger charge is -2.24. The molecule has 1 aromatic carbocycles. The quantitative estimate of drug-likeness (QED) is 0.419. The fourth-order valence-corrected chi connectivity index (χ4v) is 3.22. The Morgan fingerprint density at radius 2 is 1.72 bits per heavy atom. The molecule has 1 fully saturated rings. The highest BCUT2D eigenvalue weighted by Gasteiger charge is 2.47. The van der Waals surface area contributed by atoms with Gasteiger partial charge in [-0.25, -0.2) is 8.78 Å². The number of aliphatic hydroxyl groups is 1. The van der Waals surface area contributed by atoms with E-state index >= 15 is 0 Å². The van der Waals surface area contributed by atoms with Crippen molar-refractivity contribution in [2.45, 2.75) is 6.04 Å². The number of aromatic nitrogens is 2. The third-order valence-electron chi connectivity index (χ3n) is 4.55. The van der Waals surface area contributed by atoms with Crippen molar-refractivity contribution in [2.75, 3.05) is 4.90 Å². The summed E-state index contributed by atoms with van der Waals surface area (Å²) in [5, 5.41) is 10.8. The molecule has 29 heavy (non-hydrogen) atoms. The van der Waals surface area contributed by atoms with Gasteiger partial charge in [-0.3, -0.25) is 24.5 Å². The molecule has 8 heteroatoms. The van der Waals surface area contributed by atoms with E-state index in [-0.39, 0.29) is 22.5 Å². The van der Waals surface area contributed by atoms with E-state index in [1.54, 1.807) is 18.2 Å². The number of benzene rings is 1. The average Bonchev–Trinajstić information content (AvgIpc) is 3.02. The average molecular weight is 393 g/mol. The number of hydrogen-bond acceptors (Lipinski definition) is 5. The first-order chi connectivity index (χ1) is 14.0. The zero-order valence-electron chi connectivity index (χ0n) is 14.8. The summed E-state index contributed by atoms with van der Waals surface area (Å²) in [4.78, 5) is 34.7. The van der Waals surface area contributed by atoms with Crippen LogP contribution >= 0.6 is 0 Å². The van der Waals surface area contributed by atoms with Gasteiger partial charge >= 0.3 is 0 Å². The Bertz CT molecular complexity index is 1130. The molecule has 0 saturated carbocycles. The lowest BCUT2D eigenvalue weighted by molar-refractivity contribution is -0.132. The molecule has 6 nitrogen and oxygen atoms in total. The molecular formula is C21H13F2N3O3. The van der Waals surface area contributed by atoms with Crippen molar-refractivity contribution in [3.8, 4) is 0 Å². The maximum absolute atomic E-state index is 13.8. The fourth-order valence-electron chi connectivity index (χ4n) is 3.22. The highest BCUT2D eigenvalue weighted by molar-refractivity contribution is 6.51. The van der Waals surface area contributed by atoms with Gasteiger partial charge in [-0.1, -0.05) is 6.07 Å². The summed E-state index contributed by atoms with van der Waals surface area (Å²) in [5.74, 6) is -4.61. The molecule has 3 aromatic rings. The Kier molecular flexibility index (Phi) is 4.59. The number of carbonyl (C=O) groups excluding carboxylic acids is 2. The second-order valence-electron chi connectivity index (χ2n) is 6.26. The monoisotopic (exact) mass is 393 g/mol. The van der Waals surface area contributed by atoms with Gasteiger partial charge < -0.3 is 5.11 Å². The predicted molar refractivity (Wildman–Crippen MR) is 99.6 cm³/mol. The van der Waals surface area contributed by atoms with Crippen molar-refractivity contribution >= 4 is 23.1 Å². The topological polar surface area (TPSA) is 83.4 Å².